The van der Waals surface area contributed by atoms with Gasteiger partial charge in [-0.3, -0.25) is 0 Å². The third-order valence-corrected chi connectivity index (χ3v) is 4.22. The summed E-state index contributed by atoms with van der Waals surface area (Å²) in [5.41, 5.74) is 2.57. The van der Waals surface area contributed by atoms with Crippen LogP contribution in [0.4, 0.5) is 0 Å². The van der Waals surface area contributed by atoms with Gasteiger partial charge in [0.25, 0.3) is 0 Å². The van der Waals surface area contributed by atoms with Gasteiger partial charge in [0.15, 0.2) is 0 Å². The molecule has 0 aliphatic heterocycles. The Morgan fingerprint density at radius 3 is 2.71 bits per heavy atom. The number of rotatable bonds is 8. The Morgan fingerprint density at radius 2 is 2.00 bits per heavy atom. The molecular formula is C17H25N3S. The van der Waals surface area contributed by atoms with Gasteiger partial charge in [-0.2, -0.15) is 0 Å². The van der Waals surface area contributed by atoms with Crippen LogP contribution in [0.5, 0.6) is 0 Å². The van der Waals surface area contributed by atoms with Crippen LogP contribution in [-0.4, -0.2) is 29.5 Å². The number of thiazole rings is 1. The maximum absolute atomic E-state index is 4.69. The lowest BCUT2D eigenvalue weighted by Crippen LogP contribution is -2.22. The van der Waals surface area contributed by atoms with Crippen molar-refractivity contribution in [1.29, 1.82) is 0 Å². The first-order valence-electron chi connectivity index (χ1n) is 7.52. The third kappa shape index (κ3) is 5.96. The van der Waals surface area contributed by atoms with Gasteiger partial charge in [0.05, 0.1) is 5.69 Å². The van der Waals surface area contributed by atoms with Gasteiger partial charge in [-0.15, -0.1) is 11.3 Å². The van der Waals surface area contributed by atoms with Gasteiger partial charge in [0.1, 0.15) is 5.01 Å². The summed E-state index contributed by atoms with van der Waals surface area (Å²) in [6.07, 6.45) is 1.09. The van der Waals surface area contributed by atoms with Crippen molar-refractivity contribution in [1.82, 2.24) is 15.2 Å². The first-order valence-corrected chi connectivity index (χ1v) is 8.40. The average Bonchev–Trinajstić information content (AvgIpc) is 2.91. The number of nitrogens with one attached hydrogen (secondary N) is 1. The lowest BCUT2D eigenvalue weighted by Gasteiger charge is -2.15. The fraction of sp³-hybridized carbons (Fsp3) is 0.471. The highest BCUT2D eigenvalue weighted by Gasteiger charge is 2.06. The Kier molecular flexibility index (Phi) is 6.36. The van der Waals surface area contributed by atoms with Crippen LogP contribution >= 0.6 is 11.3 Å². The van der Waals surface area contributed by atoms with E-state index in [9.17, 15) is 0 Å². The van der Waals surface area contributed by atoms with E-state index >= 15 is 0 Å². The molecule has 0 spiro atoms. The highest BCUT2D eigenvalue weighted by atomic mass is 32.1. The number of hydrogen-bond donors (Lipinski definition) is 1. The van der Waals surface area contributed by atoms with Gasteiger partial charge in [-0.05, 0) is 19.0 Å². The van der Waals surface area contributed by atoms with Crippen LogP contribution in [0.3, 0.4) is 0 Å². The monoisotopic (exact) mass is 303 g/mol. The Labute approximate surface area is 132 Å². The van der Waals surface area contributed by atoms with Gasteiger partial charge in [0, 0.05) is 31.1 Å². The molecule has 0 fully saturated rings. The van der Waals surface area contributed by atoms with Crippen LogP contribution in [0.1, 0.15) is 30.1 Å². The van der Waals surface area contributed by atoms with E-state index in [4.69, 9.17) is 4.98 Å². The zero-order valence-corrected chi connectivity index (χ0v) is 14.0. The van der Waals surface area contributed by atoms with Crippen LogP contribution in [0.25, 0.3) is 0 Å². The van der Waals surface area contributed by atoms with Crippen LogP contribution in [0.15, 0.2) is 35.7 Å². The molecule has 0 unspecified atom stereocenters. The van der Waals surface area contributed by atoms with E-state index in [0.717, 1.165) is 26.1 Å². The third-order valence-electron chi connectivity index (χ3n) is 3.32. The Bertz CT molecular complexity index is 522. The van der Waals surface area contributed by atoms with Crippen molar-refractivity contribution in [2.45, 2.75) is 39.4 Å². The van der Waals surface area contributed by atoms with Crippen molar-refractivity contribution in [2.24, 2.45) is 0 Å². The van der Waals surface area contributed by atoms with E-state index in [1.54, 1.807) is 11.3 Å². The number of hydrogen-bond acceptors (Lipinski definition) is 4. The van der Waals surface area contributed by atoms with Crippen LogP contribution in [-0.2, 0) is 19.5 Å². The molecule has 3 nitrogen and oxygen atoms in total. The van der Waals surface area contributed by atoms with Gasteiger partial charge in [-0.25, -0.2) is 4.98 Å². The van der Waals surface area contributed by atoms with Crippen molar-refractivity contribution in [3.05, 3.63) is 52.0 Å². The molecule has 0 bridgehead atoms. The van der Waals surface area contributed by atoms with Crippen LogP contribution < -0.4 is 5.32 Å². The molecule has 0 amide bonds. The minimum atomic E-state index is 0.505. The van der Waals surface area contributed by atoms with Crippen LogP contribution in [0, 0.1) is 0 Å². The summed E-state index contributed by atoms with van der Waals surface area (Å²) in [5.74, 6) is 0. The molecule has 0 saturated heterocycles. The van der Waals surface area contributed by atoms with E-state index in [1.807, 2.05) is 0 Å². The zero-order chi connectivity index (χ0) is 15.1. The minimum Gasteiger partial charge on any atom is -0.308 e. The summed E-state index contributed by atoms with van der Waals surface area (Å²) < 4.78 is 0. The largest absolute Gasteiger partial charge is 0.308 e. The number of aromatic nitrogens is 1. The SMILES string of the molecule is CC(C)NCc1nc(CN(C)CCc2ccccc2)cs1. The molecule has 2 rings (SSSR count). The quantitative estimate of drug-likeness (QED) is 0.811. The molecule has 0 radical (unpaired) electrons. The molecule has 0 saturated carbocycles. The van der Waals surface area contributed by atoms with Crippen molar-refractivity contribution < 1.29 is 0 Å². The average molecular weight is 303 g/mol. The maximum Gasteiger partial charge on any atom is 0.107 e. The van der Waals surface area contributed by atoms with Gasteiger partial charge in [-0.1, -0.05) is 44.2 Å². The van der Waals surface area contributed by atoms with E-state index in [0.29, 0.717) is 6.04 Å². The molecule has 1 aromatic carbocycles. The molecule has 0 aliphatic rings. The molecule has 1 aromatic heterocycles. The predicted octanol–water partition coefficient (Wildman–Crippen LogP) is 3.32. The Morgan fingerprint density at radius 1 is 1.24 bits per heavy atom. The smallest absolute Gasteiger partial charge is 0.107 e. The molecule has 4 heteroatoms. The van der Waals surface area contributed by atoms with Crippen LogP contribution in [0.2, 0.25) is 0 Å². The maximum atomic E-state index is 4.69. The minimum absolute atomic E-state index is 0.505. The molecule has 1 N–H and O–H groups in total. The molecule has 1 heterocycles. The molecule has 0 aliphatic carbocycles. The van der Waals surface area contributed by atoms with Gasteiger partial charge < -0.3 is 10.2 Å². The van der Waals surface area contributed by atoms with Crippen molar-refractivity contribution in [3.8, 4) is 0 Å². The normalized spacial score (nSPS) is 11.5. The lowest BCUT2D eigenvalue weighted by atomic mass is 10.1. The van der Waals surface area contributed by atoms with E-state index < -0.39 is 0 Å². The van der Waals surface area contributed by atoms with E-state index in [1.165, 1.54) is 16.3 Å². The zero-order valence-electron chi connectivity index (χ0n) is 13.2. The predicted molar refractivity (Wildman–Crippen MR) is 90.6 cm³/mol. The summed E-state index contributed by atoms with van der Waals surface area (Å²) in [5, 5.41) is 6.76. The highest BCUT2D eigenvalue weighted by molar-refractivity contribution is 7.09. The van der Waals surface area contributed by atoms with E-state index in [2.05, 4.69) is 66.8 Å². The Balaban J connectivity index is 1.76. The van der Waals surface area contributed by atoms with Gasteiger partial charge >= 0.3 is 0 Å². The molecule has 21 heavy (non-hydrogen) atoms. The first-order chi connectivity index (χ1) is 10.1. The summed E-state index contributed by atoms with van der Waals surface area (Å²) in [4.78, 5) is 7.03. The highest BCUT2D eigenvalue weighted by Crippen LogP contribution is 2.12. The Hall–Kier alpha value is -1.23. The second-order valence-corrected chi connectivity index (χ2v) is 6.68. The first kappa shape index (κ1) is 16.1. The molecule has 2 aromatic rings. The van der Waals surface area contributed by atoms with E-state index in [-0.39, 0.29) is 0 Å². The molecular weight excluding hydrogens is 278 g/mol. The fourth-order valence-electron chi connectivity index (χ4n) is 2.11. The second-order valence-electron chi connectivity index (χ2n) is 5.74. The standard InChI is InChI=1S/C17H25N3S/c1-14(2)18-11-17-19-16(13-21-17)12-20(3)10-9-15-7-5-4-6-8-15/h4-8,13-14,18H,9-12H2,1-3H3. The number of benzene rings is 1. The number of nitrogens with zero attached hydrogens (tertiary/aromatic N) is 2. The van der Waals surface area contributed by atoms with Crippen molar-refractivity contribution >= 4 is 11.3 Å². The van der Waals surface area contributed by atoms with Gasteiger partial charge in [0.2, 0.25) is 0 Å². The van der Waals surface area contributed by atoms with Crippen molar-refractivity contribution in [3.63, 3.8) is 0 Å². The summed E-state index contributed by atoms with van der Waals surface area (Å²) in [7, 11) is 2.16. The number of likely N-dealkylation sites (N-methyl/N-ethyl adjacent to an activating group) is 1. The summed E-state index contributed by atoms with van der Waals surface area (Å²) >= 11 is 1.75. The lowest BCUT2D eigenvalue weighted by molar-refractivity contribution is 0.327. The fourth-order valence-corrected chi connectivity index (χ4v) is 2.85. The molecule has 114 valence electrons. The summed E-state index contributed by atoms with van der Waals surface area (Å²) in [6, 6.07) is 11.1. The summed E-state index contributed by atoms with van der Waals surface area (Å²) in [6.45, 7) is 7.17. The molecule has 0 atom stereocenters. The second kappa shape index (κ2) is 8.27. The van der Waals surface area contributed by atoms with Crippen molar-refractivity contribution in [2.75, 3.05) is 13.6 Å². The topological polar surface area (TPSA) is 28.2 Å².